The summed E-state index contributed by atoms with van der Waals surface area (Å²) in [6.45, 7) is 8.67. The molecule has 1 fully saturated rings. The number of aryl methyl sites for hydroxylation is 1. The van der Waals surface area contributed by atoms with Crippen molar-refractivity contribution in [2.75, 3.05) is 11.4 Å². The summed E-state index contributed by atoms with van der Waals surface area (Å²) in [6.07, 6.45) is 7.13. The molecule has 0 spiro atoms. The fourth-order valence-electron chi connectivity index (χ4n) is 3.65. The maximum absolute atomic E-state index is 4.58. The lowest BCUT2D eigenvalue weighted by molar-refractivity contribution is 0.558. The number of hydrogen-bond donors (Lipinski definition) is 0. The van der Waals surface area contributed by atoms with Gasteiger partial charge in [0.2, 0.25) is 5.13 Å². The second kappa shape index (κ2) is 6.10. The van der Waals surface area contributed by atoms with Gasteiger partial charge in [-0.2, -0.15) is 0 Å². The van der Waals surface area contributed by atoms with Crippen LogP contribution in [0.5, 0.6) is 0 Å². The molecule has 24 heavy (non-hydrogen) atoms. The van der Waals surface area contributed by atoms with Gasteiger partial charge in [0, 0.05) is 24.9 Å². The summed E-state index contributed by atoms with van der Waals surface area (Å²) in [4.78, 5) is 2.40. The first-order valence-electron chi connectivity index (χ1n) is 9.06. The quantitative estimate of drug-likeness (QED) is 0.833. The maximum atomic E-state index is 4.58. The Hall–Kier alpha value is -1.50. The third-order valence-corrected chi connectivity index (χ3v) is 6.38. The van der Waals surface area contributed by atoms with Crippen LogP contribution in [0.2, 0.25) is 0 Å². The molecule has 7 heteroatoms. The van der Waals surface area contributed by atoms with Crippen molar-refractivity contribution in [3.8, 4) is 0 Å². The van der Waals surface area contributed by atoms with Crippen molar-refractivity contribution in [3.63, 3.8) is 0 Å². The lowest BCUT2D eigenvalue weighted by Crippen LogP contribution is -2.25. The van der Waals surface area contributed by atoms with Crippen molar-refractivity contribution in [2.24, 2.45) is 0 Å². The minimum atomic E-state index is 0.0527. The van der Waals surface area contributed by atoms with E-state index in [0.29, 0.717) is 6.04 Å². The summed E-state index contributed by atoms with van der Waals surface area (Å²) < 4.78 is 2.38. The topological polar surface area (TPSA) is 59.7 Å². The van der Waals surface area contributed by atoms with Crippen molar-refractivity contribution in [2.45, 2.75) is 77.3 Å². The van der Waals surface area contributed by atoms with E-state index in [1.807, 2.05) is 0 Å². The molecule has 2 aromatic heterocycles. The van der Waals surface area contributed by atoms with E-state index in [9.17, 15) is 0 Å². The number of aromatic nitrogens is 5. The molecule has 0 aliphatic carbocycles. The van der Waals surface area contributed by atoms with Gasteiger partial charge in [0.15, 0.2) is 5.82 Å². The summed E-state index contributed by atoms with van der Waals surface area (Å²) in [6, 6.07) is 0.296. The van der Waals surface area contributed by atoms with E-state index in [1.54, 1.807) is 11.3 Å². The lowest BCUT2D eigenvalue weighted by Gasteiger charge is -2.23. The summed E-state index contributed by atoms with van der Waals surface area (Å²) in [5.41, 5.74) is 0.0527. The molecular weight excluding hydrogens is 320 g/mol. The minimum absolute atomic E-state index is 0.0527. The summed E-state index contributed by atoms with van der Waals surface area (Å²) in [7, 11) is 0. The third kappa shape index (κ3) is 2.83. The Morgan fingerprint density at radius 3 is 2.62 bits per heavy atom. The third-order valence-electron chi connectivity index (χ3n) is 4.99. The monoisotopic (exact) mass is 346 g/mol. The van der Waals surface area contributed by atoms with Gasteiger partial charge in [0.25, 0.3) is 0 Å². The van der Waals surface area contributed by atoms with Crippen LogP contribution in [0.3, 0.4) is 0 Å². The lowest BCUT2D eigenvalue weighted by atomic mass is 9.98. The Morgan fingerprint density at radius 1 is 0.958 bits per heavy atom. The average molecular weight is 347 g/mol. The highest BCUT2D eigenvalue weighted by molar-refractivity contribution is 7.15. The standard InChI is InChI=1S/C17H26N6S/c1-17(2,3)15-20-21-16(24-15)22-11-7-8-12(22)14-19-18-13-9-5-4-6-10-23(13)14/h12H,4-11H2,1-3H3. The van der Waals surface area contributed by atoms with Crippen LogP contribution in [-0.4, -0.2) is 31.5 Å². The van der Waals surface area contributed by atoms with E-state index >= 15 is 0 Å². The van der Waals surface area contributed by atoms with Crippen LogP contribution < -0.4 is 4.90 Å². The number of hydrogen-bond acceptors (Lipinski definition) is 6. The van der Waals surface area contributed by atoms with Crippen LogP contribution in [0.4, 0.5) is 5.13 Å². The van der Waals surface area contributed by atoms with Gasteiger partial charge in [-0.1, -0.05) is 38.5 Å². The van der Waals surface area contributed by atoms with Crippen LogP contribution >= 0.6 is 11.3 Å². The van der Waals surface area contributed by atoms with Gasteiger partial charge in [-0.25, -0.2) is 0 Å². The summed E-state index contributed by atoms with van der Waals surface area (Å²) in [5, 5.41) is 20.1. The fourth-order valence-corrected chi connectivity index (χ4v) is 4.63. The molecule has 0 N–H and O–H groups in total. The van der Waals surface area contributed by atoms with E-state index in [2.05, 4.69) is 50.6 Å². The summed E-state index contributed by atoms with van der Waals surface area (Å²) >= 11 is 1.73. The highest BCUT2D eigenvalue weighted by Gasteiger charge is 2.34. The number of anilines is 1. The molecule has 4 rings (SSSR count). The number of rotatable bonds is 2. The molecule has 1 unspecified atom stereocenters. The second-order valence-corrected chi connectivity index (χ2v) is 8.88. The van der Waals surface area contributed by atoms with Gasteiger partial charge < -0.3 is 9.47 Å². The Labute approximate surface area is 147 Å². The van der Waals surface area contributed by atoms with Crippen molar-refractivity contribution >= 4 is 16.5 Å². The van der Waals surface area contributed by atoms with E-state index in [4.69, 9.17) is 0 Å². The Bertz CT molecular complexity index is 713. The molecule has 0 saturated carbocycles. The fraction of sp³-hybridized carbons (Fsp3) is 0.765. The van der Waals surface area contributed by atoms with E-state index in [-0.39, 0.29) is 5.41 Å². The first-order valence-corrected chi connectivity index (χ1v) is 9.88. The molecule has 1 atom stereocenters. The molecule has 130 valence electrons. The van der Waals surface area contributed by atoms with Crippen LogP contribution in [0.15, 0.2) is 0 Å². The van der Waals surface area contributed by atoms with Gasteiger partial charge in [0.1, 0.15) is 10.8 Å². The van der Waals surface area contributed by atoms with Crippen molar-refractivity contribution in [3.05, 3.63) is 16.7 Å². The normalized spacial score (nSPS) is 21.8. The largest absolute Gasteiger partial charge is 0.336 e. The van der Waals surface area contributed by atoms with Crippen molar-refractivity contribution in [1.29, 1.82) is 0 Å². The predicted octanol–water partition coefficient (Wildman–Crippen LogP) is 3.50. The Morgan fingerprint density at radius 2 is 1.83 bits per heavy atom. The number of fused-ring (bicyclic) bond motifs is 1. The average Bonchev–Trinajstić information content (AvgIpc) is 3.22. The summed E-state index contributed by atoms with van der Waals surface area (Å²) in [5.74, 6) is 2.30. The molecule has 1 saturated heterocycles. The molecule has 4 heterocycles. The highest BCUT2D eigenvalue weighted by atomic mass is 32.1. The minimum Gasteiger partial charge on any atom is -0.336 e. The maximum Gasteiger partial charge on any atom is 0.208 e. The van der Waals surface area contributed by atoms with Gasteiger partial charge in [0.05, 0.1) is 6.04 Å². The van der Waals surface area contributed by atoms with Gasteiger partial charge >= 0.3 is 0 Å². The molecule has 0 radical (unpaired) electrons. The highest BCUT2D eigenvalue weighted by Crippen LogP contribution is 2.39. The van der Waals surface area contributed by atoms with E-state index in [1.165, 1.54) is 31.5 Å². The van der Waals surface area contributed by atoms with Gasteiger partial charge in [-0.3, -0.25) is 0 Å². The predicted molar refractivity (Wildman–Crippen MR) is 95.5 cm³/mol. The molecule has 2 aliphatic heterocycles. The molecule has 6 nitrogen and oxygen atoms in total. The van der Waals surface area contributed by atoms with Gasteiger partial charge in [-0.05, 0) is 25.7 Å². The molecule has 2 aliphatic rings. The zero-order chi connectivity index (χ0) is 16.7. The molecular formula is C17H26N6S. The van der Waals surface area contributed by atoms with Crippen molar-refractivity contribution < 1.29 is 0 Å². The molecule has 2 aromatic rings. The molecule has 0 amide bonds. The van der Waals surface area contributed by atoms with Gasteiger partial charge in [-0.15, -0.1) is 20.4 Å². The van der Waals surface area contributed by atoms with Crippen LogP contribution in [0.1, 0.15) is 75.6 Å². The second-order valence-electron chi connectivity index (χ2n) is 7.93. The molecule has 0 bridgehead atoms. The molecule has 0 aromatic carbocycles. The SMILES string of the molecule is CC(C)(C)c1nnc(N2CCCC2c2nnc3n2CCCCC3)s1. The number of nitrogens with zero attached hydrogens (tertiary/aromatic N) is 6. The van der Waals surface area contributed by atoms with Crippen LogP contribution in [0, 0.1) is 0 Å². The first-order chi connectivity index (χ1) is 11.5. The van der Waals surface area contributed by atoms with Crippen molar-refractivity contribution in [1.82, 2.24) is 25.0 Å². The Balaban J connectivity index is 1.64. The Kier molecular flexibility index (Phi) is 4.06. The van der Waals surface area contributed by atoms with E-state index in [0.717, 1.165) is 41.9 Å². The zero-order valence-electron chi connectivity index (χ0n) is 14.8. The smallest absolute Gasteiger partial charge is 0.208 e. The zero-order valence-corrected chi connectivity index (χ0v) is 15.6. The van der Waals surface area contributed by atoms with Crippen LogP contribution in [0.25, 0.3) is 0 Å². The van der Waals surface area contributed by atoms with Crippen LogP contribution in [-0.2, 0) is 18.4 Å². The van der Waals surface area contributed by atoms with E-state index < -0.39 is 0 Å². The first kappa shape index (κ1) is 16.0.